The summed E-state index contributed by atoms with van der Waals surface area (Å²) in [6.07, 6.45) is -1.18. The number of aliphatic hydroxyl groups is 1. The molecule has 7 heteroatoms. The lowest BCUT2D eigenvalue weighted by molar-refractivity contribution is 0.170. The first-order chi connectivity index (χ1) is 8.91. The molecule has 108 valence electrons. The third kappa shape index (κ3) is 5.07. The van der Waals surface area contributed by atoms with E-state index in [2.05, 4.69) is 0 Å². The van der Waals surface area contributed by atoms with Gasteiger partial charge in [0.2, 0.25) is 0 Å². The minimum atomic E-state index is -3.31. The number of aliphatic hydroxyl groups excluding tert-OH is 1. The molecule has 1 aromatic rings. The zero-order valence-electron chi connectivity index (χ0n) is 10.8. The highest BCUT2D eigenvalue weighted by molar-refractivity contribution is 7.53. The normalized spacial score (nSPS) is 13.5. The van der Waals surface area contributed by atoms with Gasteiger partial charge in [-0.3, -0.25) is 4.57 Å². The van der Waals surface area contributed by atoms with Gasteiger partial charge in [-0.2, -0.15) is 0 Å². The topological polar surface area (TPSA) is 55.8 Å². The Bertz CT molecular complexity index is 457. The second-order valence-electron chi connectivity index (χ2n) is 3.81. The van der Waals surface area contributed by atoms with Gasteiger partial charge in [-0.05, 0) is 31.5 Å². The molecular weight excluding hydrogens is 310 g/mol. The Hall–Kier alpha value is -0.0900. The van der Waals surface area contributed by atoms with Crippen LogP contribution >= 0.6 is 30.8 Å². The molecule has 0 saturated heterocycles. The molecule has 0 aliphatic rings. The molecule has 0 amide bonds. The first kappa shape index (κ1) is 17.0. The van der Waals surface area contributed by atoms with E-state index in [0.717, 1.165) is 0 Å². The van der Waals surface area contributed by atoms with Crippen molar-refractivity contribution < 1.29 is 18.7 Å². The third-order valence-electron chi connectivity index (χ3n) is 2.37. The highest BCUT2D eigenvalue weighted by Gasteiger charge is 2.29. The molecule has 19 heavy (non-hydrogen) atoms. The van der Waals surface area contributed by atoms with Gasteiger partial charge in [0.15, 0.2) is 0 Å². The molecule has 1 N–H and O–H groups in total. The smallest absolute Gasteiger partial charge is 0.333 e. The van der Waals surface area contributed by atoms with Crippen LogP contribution in [0.3, 0.4) is 0 Å². The van der Waals surface area contributed by atoms with E-state index in [9.17, 15) is 9.67 Å². The molecule has 1 aromatic carbocycles. The van der Waals surface area contributed by atoms with Gasteiger partial charge in [0.05, 0.1) is 25.5 Å². The van der Waals surface area contributed by atoms with Gasteiger partial charge in [0.25, 0.3) is 0 Å². The van der Waals surface area contributed by atoms with Crippen molar-refractivity contribution in [1.82, 2.24) is 0 Å². The molecule has 0 heterocycles. The zero-order chi connectivity index (χ0) is 14.5. The molecule has 0 unspecified atom stereocenters. The van der Waals surface area contributed by atoms with Gasteiger partial charge in [0.1, 0.15) is 0 Å². The summed E-state index contributed by atoms with van der Waals surface area (Å²) in [4.78, 5) is 0. The summed E-state index contributed by atoms with van der Waals surface area (Å²) in [6, 6.07) is 4.73. The predicted octanol–water partition coefficient (Wildman–Crippen LogP) is 4.29. The Balaban J connectivity index is 2.87. The highest BCUT2D eigenvalue weighted by Crippen LogP contribution is 2.51. The average molecular weight is 327 g/mol. The van der Waals surface area contributed by atoms with E-state index in [4.69, 9.17) is 32.2 Å². The van der Waals surface area contributed by atoms with Gasteiger partial charge < -0.3 is 14.2 Å². The number of hydrogen-bond acceptors (Lipinski definition) is 4. The Labute approximate surface area is 123 Å². The monoisotopic (exact) mass is 326 g/mol. The average Bonchev–Trinajstić information content (AvgIpc) is 2.28. The van der Waals surface area contributed by atoms with Gasteiger partial charge in [-0.25, -0.2) is 0 Å². The first-order valence-corrected chi connectivity index (χ1v) is 8.41. The molecule has 0 aromatic heterocycles. The molecule has 0 spiro atoms. The fourth-order valence-corrected chi connectivity index (χ4v) is 3.84. The molecule has 0 saturated carbocycles. The van der Waals surface area contributed by atoms with Crippen molar-refractivity contribution in [2.24, 2.45) is 0 Å². The van der Waals surface area contributed by atoms with E-state index >= 15 is 0 Å². The minimum Gasteiger partial charge on any atom is -0.388 e. The Morgan fingerprint density at radius 1 is 1.26 bits per heavy atom. The Kier molecular flexibility index (Phi) is 6.81. The zero-order valence-corrected chi connectivity index (χ0v) is 13.2. The summed E-state index contributed by atoms with van der Waals surface area (Å²) >= 11 is 11.8. The number of halogens is 2. The Morgan fingerprint density at radius 3 is 2.32 bits per heavy atom. The van der Waals surface area contributed by atoms with E-state index in [-0.39, 0.29) is 19.4 Å². The van der Waals surface area contributed by atoms with Crippen LogP contribution in [0.1, 0.15) is 25.5 Å². The fraction of sp³-hybridized carbons (Fsp3) is 0.500. The molecule has 0 aliphatic heterocycles. The first-order valence-electron chi connectivity index (χ1n) is 5.93. The summed E-state index contributed by atoms with van der Waals surface area (Å²) in [5.41, 5.74) is 0.450. The van der Waals surface area contributed by atoms with Crippen molar-refractivity contribution in [2.45, 2.75) is 20.0 Å². The van der Waals surface area contributed by atoms with Crippen LogP contribution in [-0.4, -0.2) is 24.5 Å². The quantitative estimate of drug-likeness (QED) is 0.759. The Morgan fingerprint density at radius 2 is 1.84 bits per heavy atom. The lowest BCUT2D eigenvalue weighted by Crippen LogP contribution is -2.09. The van der Waals surface area contributed by atoms with Crippen LogP contribution in [0.4, 0.5) is 0 Å². The maximum atomic E-state index is 12.3. The predicted molar refractivity (Wildman–Crippen MR) is 77.1 cm³/mol. The van der Waals surface area contributed by atoms with Gasteiger partial charge >= 0.3 is 7.60 Å². The van der Waals surface area contributed by atoms with Crippen LogP contribution in [-0.2, 0) is 13.6 Å². The van der Waals surface area contributed by atoms with Crippen molar-refractivity contribution >= 4 is 30.8 Å². The van der Waals surface area contributed by atoms with Crippen molar-refractivity contribution in [3.8, 4) is 0 Å². The number of benzene rings is 1. The fourth-order valence-electron chi connectivity index (χ4n) is 1.62. The second-order valence-corrected chi connectivity index (χ2v) is 6.76. The van der Waals surface area contributed by atoms with Crippen molar-refractivity contribution in [2.75, 3.05) is 19.4 Å². The number of rotatable bonds is 7. The summed E-state index contributed by atoms with van der Waals surface area (Å²) in [7, 11) is -3.31. The van der Waals surface area contributed by atoms with E-state index in [1.54, 1.807) is 26.0 Å². The molecule has 4 nitrogen and oxygen atoms in total. The van der Waals surface area contributed by atoms with Crippen LogP contribution < -0.4 is 0 Å². The van der Waals surface area contributed by atoms with Crippen LogP contribution in [0.5, 0.6) is 0 Å². The van der Waals surface area contributed by atoms with Gasteiger partial charge in [0, 0.05) is 10.0 Å². The largest absolute Gasteiger partial charge is 0.388 e. The lowest BCUT2D eigenvalue weighted by Gasteiger charge is -2.20. The van der Waals surface area contributed by atoms with E-state index in [1.807, 2.05) is 0 Å². The SMILES string of the molecule is CCOP(=O)(C[C@H](O)c1ccc(Cl)cc1Cl)OCC. The second kappa shape index (κ2) is 7.63. The summed E-state index contributed by atoms with van der Waals surface area (Å²) in [5.74, 6) is 0. The highest BCUT2D eigenvalue weighted by atomic mass is 35.5. The van der Waals surface area contributed by atoms with Gasteiger partial charge in [-0.15, -0.1) is 0 Å². The van der Waals surface area contributed by atoms with E-state index < -0.39 is 13.7 Å². The molecule has 0 radical (unpaired) electrons. The van der Waals surface area contributed by atoms with Crippen molar-refractivity contribution in [1.29, 1.82) is 0 Å². The summed E-state index contributed by atoms with van der Waals surface area (Å²) in [6.45, 7) is 3.93. The minimum absolute atomic E-state index is 0.143. The van der Waals surface area contributed by atoms with Crippen LogP contribution in [0.25, 0.3) is 0 Å². The molecular formula is C12H17Cl2O4P. The molecule has 1 atom stereocenters. The molecule has 0 bridgehead atoms. The summed E-state index contributed by atoms with van der Waals surface area (Å²) < 4.78 is 22.6. The molecule has 1 rings (SSSR count). The third-order valence-corrected chi connectivity index (χ3v) is 5.03. The lowest BCUT2D eigenvalue weighted by atomic mass is 10.1. The molecule has 0 fully saturated rings. The van der Waals surface area contributed by atoms with E-state index in [0.29, 0.717) is 15.6 Å². The molecule has 0 aliphatic carbocycles. The van der Waals surface area contributed by atoms with Crippen LogP contribution in [0, 0.1) is 0 Å². The number of hydrogen-bond donors (Lipinski definition) is 1. The van der Waals surface area contributed by atoms with Crippen molar-refractivity contribution in [3.05, 3.63) is 33.8 Å². The maximum absolute atomic E-state index is 12.3. The van der Waals surface area contributed by atoms with Crippen molar-refractivity contribution in [3.63, 3.8) is 0 Å². The standard InChI is InChI=1S/C12H17Cl2O4P/c1-3-17-19(16,18-4-2)8-12(15)10-6-5-9(13)7-11(10)14/h5-7,12,15H,3-4,8H2,1-2H3/t12-/m0/s1. The maximum Gasteiger partial charge on any atom is 0.333 e. The van der Waals surface area contributed by atoms with Crippen LogP contribution in [0.15, 0.2) is 18.2 Å². The summed E-state index contributed by atoms with van der Waals surface area (Å²) in [5, 5.41) is 10.9. The van der Waals surface area contributed by atoms with Gasteiger partial charge in [-0.1, -0.05) is 29.3 Å². The van der Waals surface area contributed by atoms with Crippen LogP contribution in [0.2, 0.25) is 10.0 Å². The van der Waals surface area contributed by atoms with E-state index in [1.165, 1.54) is 6.07 Å².